The van der Waals surface area contributed by atoms with Crippen molar-refractivity contribution in [1.82, 2.24) is 9.78 Å². The average Bonchev–Trinajstić information content (AvgIpc) is 2.54. The first-order valence-corrected chi connectivity index (χ1v) is 5.26. The zero-order valence-corrected chi connectivity index (χ0v) is 9.82. The van der Waals surface area contributed by atoms with Crippen LogP contribution in [-0.4, -0.2) is 16.1 Å². The minimum Gasteiger partial charge on any atom is -0.296 e. The Morgan fingerprint density at radius 3 is 2.75 bits per heavy atom. The first-order valence-electron chi connectivity index (χ1n) is 4.88. The Balaban J connectivity index is 2.61. The molecule has 0 aliphatic rings. The Morgan fingerprint density at radius 1 is 1.44 bits per heavy atom. The second-order valence-corrected chi connectivity index (χ2v) is 4.04. The van der Waals surface area contributed by atoms with Gasteiger partial charge in [0.25, 0.3) is 0 Å². The van der Waals surface area contributed by atoms with Crippen LogP contribution in [0, 0.1) is 6.92 Å². The molecule has 2 aromatic rings. The zero-order valence-electron chi connectivity index (χ0n) is 9.07. The normalized spacial score (nSPS) is 10.4. The van der Waals surface area contributed by atoms with Gasteiger partial charge >= 0.3 is 0 Å². The van der Waals surface area contributed by atoms with Crippen molar-refractivity contribution in [3.05, 3.63) is 40.5 Å². The second kappa shape index (κ2) is 4.10. The summed E-state index contributed by atoms with van der Waals surface area (Å²) in [5.41, 5.74) is 3.11. The van der Waals surface area contributed by atoms with Crippen molar-refractivity contribution in [2.45, 2.75) is 6.92 Å². The summed E-state index contributed by atoms with van der Waals surface area (Å²) in [6, 6.07) is 7.86. The molecule has 0 radical (unpaired) electrons. The predicted octanol–water partition coefficient (Wildman–Crippen LogP) is 2.86. The minimum absolute atomic E-state index is 0.401. The Morgan fingerprint density at radius 2 is 2.19 bits per heavy atom. The molecule has 0 atom stereocenters. The van der Waals surface area contributed by atoms with E-state index < -0.39 is 0 Å². The van der Waals surface area contributed by atoms with E-state index in [0.29, 0.717) is 22.7 Å². The van der Waals surface area contributed by atoms with Crippen LogP contribution in [0.1, 0.15) is 16.1 Å². The van der Waals surface area contributed by atoms with Crippen molar-refractivity contribution in [3.8, 4) is 11.3 Å². The second-order valence-electron chi connectivity index (χ2n) is 3.66. The fraction of sp³-hybridized carbons (Fsp3) is 0.167. The van der Waals surface area contributed by atoms with Crippen molar-refractivity contribution >= 4 is 17.9 Å². The van der Waals surface area contributed by atoms with Crippen LogP contribution in [0.15, 0.2) is 24.3 Å². The molecule has 1 heterocycles. The highest BCUT2D eigenvalue weighted by atomic mass is 35.5. The molecule has 0 spiro atoms. The van der Waals surface area contributed by atoms with Crippen LogP contribution in [-0.2, 0) is 7.05 Å². The van der Waals surface area contributed by atoms with E-state index in [9.17, 15) is 4.79 Å². The molecule has 3 nitrogen and oxygen atoms in total. The summed E-state index contributed by atoms with van der Waals surface area (Å²) >= 11 is 6.10. The van der Waals surface area contributed by atoms with Gasteiger partial charge < -0.3 is 0 Å². The van der Waals surface area contributed by atoms with Crippen molar-refractivity contribution in [2.24, 2.45) is 7.05 Å². The van der Waals surface area contributed by atoms with Crippen LogP contribution in [0.5, 0.6) is 0 Å². The quantitative estimate of drug-likeness (QED) is 0.749. The first kappa shape index (κ1) is 10.9. The molecule has 0 amide bonds. The van der Waals surface area contributed by atoms with Crippen molar-refractivity contribution in [2.75, 3.05) is 0 Å². The Labute approximate surface area is 98.7 Å². The van der Waals surface area contributed by atoms with E-state index >= 15 is 0 Å². The van der Waals surface area contributed by atoms with Gasteiger partial charge in [0.05, 0.1) is 5.02 Å². The topological polar surface area (TPSA) is 34.9 Å². The number of benzene rings is 1. The number of aromatic nitrogens is 2. The SMILES string of the molecule is Cc1cccc(-c2nn(C)c(C=O)c2Cl)c1. The summed E-state index contributed by atoms with van der Waals surface area (Å²) in [5.74, 6) is 0. The van der Waals surface area contributed by atoms with E-state index in [1.54, 1.807) is 7.05 Å². The van der Waals surface area contributed by atoms with E-state index in [2.05, 4.69) is 5.10 Å². The van der Waals surface area contributed by atoms with Gasteiger partial charge in [0.1, 0.15) is 11.4 Å². The van der Waals surface area contributed by atoms with E-state index in [1.165, 1.54) is 4.68 Å². The monoisotopic (exact) mass is 234 g/mol. The van der Waals surface area contributed by atoms with Gasteiger partial charge in [-0.15, -0.1) is 0 Å². The van der Waals surface area contributed by atoms with Crippen LogP contribution in [0.25, 0.3) is 11.3 Å². The highest BCUT2D eigenvalue weighted by Crippen LogP contribution is 2.29. The molecule has 4 heteroatoms. The van der Waals surface area contributed by atoms with Gasteiger partial charge in [-0.05, 0) is 13.0 Å². The largest absolute Gasteiger partial charge is 0.296 e. The molecular formula is C12H11ClN2O. The van der Waals surface area contributed by atoms with E-state index in [4.69, 9.17) is 11.6 Å². The molecule has 0 bridgehead atoms. The molecule has 0 saturated heterocycles. The first-order chi connectivity index (χ1) is 7.63. The lowest BCUT2D eigenvalue weighted by Gasteiger charge is -1.98. The zero-order chi connectivity index (χ0) is 11.7. The number of nitrogens with zero attached hydrogens (tertiary/aromatic N) is 2. The smallest absolute Gasteiger partial charge is 0.169 e. The summed E-state index contributed by atoms with van der Waals surface area (Å²) in [6.07, 6.45) is 0.717. The van der Waals surface area contributed by atoms with Crippen LogP contribution in [0.3, 0.4) is 0 Å². The lowest BCUT2D eigenvalue weighted by Crippen LogP contribution is -1.95. The third-order valence-electron chi connectivity index (χ3n) is 2.43. The number of carbonyl (C=O) groups is 1. The Bertz CT molecular complexity index is 546. The molecular weight excluding hydrogens is 224 g/mol. The molecule has 0 unspecified atom stereocenters. The molecule has 0 aliphatic carbocycles. The highest BCUT2D eigenvalue weighted by molar-refractivity contribution is 6.35. The van der Waals surface area contributed by atoms with Crippen LogP contribution >= 0.6 is 11.6 Å². The summed E-state index contributed by atoms with van der Waals surface area (Å²) < 4.78 is 1.49. The minimum atomic E-state index is 0.401. The maximum absolute atomic E-state index is 10.8. The summed E-state index contributed by atoms with van der Waals surface area (Å²) in [7, 11) is 1.70. The van der Waals surface area contributed by atoms with E-state index in [1.807, 2.05) is 31.2 Å². The number of hydrogen-bond acceptors (Lipinski definition) is 2. The van der Waals surface area contributed by atoms with E-state index in [0.717, 1.165) is 11.1 Å². The lowest BCUT2D eigenvalue weighted by molar-refractivity contribution is 0.111. The van der Waals surface area contributed by atoms with Crippen molar-refractivity contribution < 1.29 is 4.79 Å². The Kier molecular flexibility index (Phi) is 2.79. The molecule has 1 aromatic carbocycles. The van der Waals surface area contributed by atoms with Crippen molar-refractivity contribution in [1.29, 1.82) is 0 Å². The third-order valence-corrected chi connectivity index (χ3v) is 2.81. The molecule has 2 rings (SSSR count). The van der Waals surface area contributed by atoms with Crippen LogP contribution in [0.4, 0.5) is 0 Å². The standard InChI is InChI=1S/C12H11ClN2O/c1-8-4-3-5-9(6-8)12-11(13)10(7-16)15(2)14-12/h3-7H,1-2H3. The van der Waals surface area contributed by atoms with Gasteiger partial charge in [-0.3, -0.25) is 9.48 Å². The van der Waals surface area contributed by atoms with Crippen molar-refractivity contribution in [3.63, 3.8) is 0 Å². The van der Waals surface area contributed by atoms with Gasteiger partial charge in [-0.25, -0.2) is 0 Å². The summed E-state index contributed by atoms with van der Waals surface area (Å²) in [4.78, 5) is 10.8. The predicted molar refractivity (Wildman–Crippen MR) is 63.8 cm³/mol. The molecule has 0 saturated carbocycles. The summed E-state index contributed by atoms with van der Waals surface area (Å²) in [5, 5.41) is 4.65. The van der Waals surface area contributed by atoms with Gasteiger partial charge in [-0.1, -0.05) is 35.4 Å². The number of rotatable bonds is 2. The molecule has 16 heavy (non-hydrogen) atoms. The number of halogens is 1. The van der Waals surface area contributed by atoms with Gasteiger partial charge in [0, 0.05) is 12.6 Å². The molecule has 1 aromatic heterocycles. The van der Waals surface area contributed by atoms with Gasteiger partial charge in [-0.2, -0.15) is 5.10 Å². The molecule has 0 aliphatic heterocycles. The Hall–Kier alpha value is -1.61. The molecule has 82 valence electrons. The maximum Gasteiger partial charge on any atom is 0.169 e. The van der Waals surface area contributed by atoms with E-state index in [-0.39, 0.29) is 0 Å². The fourth-order valence-corrected chi connectivity index (χ4v) is 1.93. The molecule has 0 N–H and O–H groups in total. The number of carbonyl (C=O) groups excluding carboxylic acids is 1. The summed E-state index contributed by atoms with van der Waals surface area (Å²) in [6.45, 7) is 2.00. The van der Waals surface area contributed by atoms with Crippen LogP contribution in [0.2, 0.25) is 5.02 Å². The number of aldehydes is 1. The number of hydrogen-bond donors (Lipinski definition) is 0. The highest BCUT2D eigenvalue weighted by Gasteiger charge is 2.14. The van der Waals surface area contributed by atoms with Gasteiger partial charge in [0.15, 0.2) is 6.29 Å². The van der Waals surface area contributed by atoms with Gasteiger partial charge in [0.2, 0.25) is 0 Å². The maximum atomic E-state index is 10.8. The lowest BCUT2D eigenvalue weighted by atomic mass is 10.1. The number of aryl methyl sites for hydroxylation is 2. The fourth-order valence-electron chi connectivity index (χ4n) is 1.62. The average molecular weight is 235 g/mol. The third kappa shape index (κ3) is 1.74. The molecule has 0 fully saturated rings. The van der Waals surface area contributed by atoms with Crippen LogP contribution < -0.4 is 0 Å².